The Morgan fingerprint density at radius 3 is 2.12 bits per heavy atom. The van der Waals surface area contributed by atoms with Crippen molar-refractivity contribution in [2.24, 2.45) is 5.41 Å². The first-order valence-corrected chi connectivity index (χ1v) is 2.69. The Bertz CT molecular complexity index is 98.6. The predicted molar refractivity (Wildman–Crippen MR) is 31.7 cm³/mol. The fourth-order valence-electron chi connectivity index (χ4n) is 0.0622. The van der Waals surface area contributed by atoms with E-state index in [-0.39, 0.29) is 6.61 Å². The van der Waals surface area contributed by atoms with Gasteiger partial charge >= 0.3 is 0 Å². The summed E-state index contributed by atoms with van der Waals surface area (Å²) in [6, 6.07) is 0. The third-order valence-electron chi connectivity index (χ3n) is 0.927. The average molecular weight is 137 g/mol. The van der Waals surface area contributed by atoms with Gasteiger partial charge in [0.25, 0.3) is 0 Å². The van der Waals surface area contributed by atoms with Gasteiger partial charge in [0.2, 0.25) is 5.24 Å². The second kappa shape index (κ2) is 2.46. The van der Waals surface area contributed by atoms with Crippen molar-refractivity contribution in [3.8, 4) is 0 Å². The third-order valence-corrected chi connectivity index (χ3v) is 1.44. The molecule has 0 unspecified atom stereocenters. The molecule has 0 saturated heterocycles. The van der Waals surface area contributed by atoms with Crippen LogP contribution in [0.3, 0.4) is 0 Å². The van der Waals surface area contributed by atoms with Crippen LogP contribution in [-0.2, 0) is 4.79 Å². The highest BCUT2D eigenvalue weighted by atomic mass is 35.5. The van der Waals surface area contributed by atoms with Crippen molar-refractivity contribution in [1.82, 2.24) is 0 Å². The van der Waals surface area contributed by atoms with Crippen molar-refractivity contribution >= 4 is 16.8 Å². The normalized spacial score (nSPS) is 11.5. The molecule has 0 aliphatic carbocycles. The van der Waals surface area contributed by atoms with Crippen LogP contribution in [-0.4, -0.2) is 17.0 Å². The molecule has 3 heteroatoms. The highest BCUT2D eigenvalue weighted by molar-refractivity contribution is 6.64. The molecule has 0 amide bonds. The van der Waals surface area contributed by atoms with Crippen LogP contribution in [0.2, 0.25) is 0 Å². The molecule has 0 aromatic carbocycles. The monoisotopic (exact) mass is 136 g/mol. The van der Waals surface area contributed by atoms with Crippen LogP contribution in [0.25, 0.3) is 0 Å². The Labute approximate surface area is 53.5 Å². The van der Waals surface area contributed by atoms with Crippen molar-refractivity contribution in [2.45, 2.75) is 13.8 Å². The maximum absolute atomic E-state index is 10.3. The quantitative estimate of drug-likeness (QED) is 0.570. The van der Waals surface area contributed by atoms with Gasteiger partial charge in [-0.2, -0.15) is 0 Å². The van der Waals surface area contributed by atoms with Gasteiger partial charge in [-0.3, -0.25) is 4.79 Å². The number of hydrogen-bond acceptors (Lipinski definition) is 2. The Balaban J connectivity index is 3.91. The lowest BCUT2D eigenvalue weighted by molar-refractivity contribution is -0.120. The summed E-state index contributed by atoms with van der Waals surface area (Å²) in [4.78, 5) is 10.3. The SMILES string of the molecule is CC(C)(CO)C(=O)Cl. The number of rotatable bonds is 2. The van der Waals surface area contributed by atoms with E-state index in [1.54, 1.807) is 13.8 Å². The van der Waals surface area contributed by atoms with E-state index in [4.69, 9.17) is 16.7 Å². The summed E-state index contributed by atoms with van der Waals surface area (Å²) in [5.74, 6) is 0. The molecule has 0 spiro atoms. The van der Waals surface area contributed by atoms with Crippen LogP contribution in [0.15, 0.2) is 0 Å². The van der Waals surface area contributed by atoms with Crippen LogP contribution >= 0.6 is 11.6 Å². The lowest BCUT2D eigenvalue weighted by atomic mass is 9.97. The van der Waals surface area contributed by atoms with Gasteiger partial charge in [0.15, 0.2) is 0 Å². The van der Waals surface area contributed by atoms with Crippen LogP contribution < -0.4 is 0 Å². The number of aliphatic hydroxyl groups is 1. The Morgan fingerprint density at radius 2 is 2.12 bits per heavy atom. The van der Waals surface area contributed by atoms with Crippen molar-refractivity contribution in [1.29, 1.82) is 0 Å². The van der Waals surface area contributed by atoms with E-state index < -0.39 is 10.7 Å². The number of carbonyl (C=O) groups is 1. The van der Waals surface area contributed by atoms with Gasteiger partial charge in [0.1, 0.15) is 0 Å². The van der Waals surface area contributed by atoms with Crippen molar-refractivity contribution < 1.29 is 9.90 Å². The van der Waals surface area contributed by atoms with E-state index in [0.29, 0.717) is 0 Å². The minimum absolute atomic E-state index is 0.199. The zero-order valence-corrected chi connectivity index (χ0v) is 5.70. The van der Waals surface area contributed by atoms with Crippen LogP contribution in [0.5, 0.6) is 0 Å². The molecular weight excluding hydrogens is 128 g/mol. The highest BCUT2D eigenvalue weighted by Crippen LogP contribution is 2.16. The fourth-order valence-corrected chi connectivity index (χ4v) is 0.122. The van der Waals surface area contributed by atoms with E-state index in [0.717, 1.165) is 0 Å². The molecular formula is C5H9ClO2. The van der Waals surface area contributed by atoms with Gasteiger partial charge in [-0.05, 0) is 25.4 Å². The zero-order chi connectivity index (χ0) is 6.78. The molecule has 8 heavy (non-hydrogen) atoms. The molecule has 0 aliphatic heterocycles. The lowest BCUT2D eigenvalue weighted by Gasteiger charge is -2.13. The molecule has 0 radical (unpaired) electrons. The average Bonchev–Trinajstić information content (AvgIpc) is 1.67. The summed E-state index contributed by atoms with van der Waals surface area (Å²) in [6.07, 6.45) is 0. The van der Waals surface area contributed by atoms with Crippen molar-refractivity contribution in [2.75, 3.05) is 6.61 Å². The van der Waals surface area contributed by atoms with E-state index in [1.807, 2.05) is 0 Å². The maximum Gasteiger partial charge on any atom is 0.229 e. The zero-order valence-electron chi connectivity index (χ0n) is 4.94. The van der Waals surface area contributed by atoms with Gasteiger partial charge in [0.05, 0.1) is 12.0 Å². The molecule has 2 nitrogen and oxygen atoms in total. The van der Waals surface area contributed by atoms with E-state index >= 15 is 0 Å². The molecule has 48 valence electrons. The van der Waals surface area contributed by atoms with Crippen molar-refractivity contribution in [3.63, 3.8) is 0 Å². The topological polar surface area (TPSA) is 37.3 Å². The summed E-state index contributed by atoms with van der Waals surface area (Å²) in [7, 11) is 0. The number of aliphatic hydroxyl groups excluding tert-OH is 1. The summed E-state index contributed by atoms with van der Waals surface area (Å²) in [5.41, 5.74) is -0.776. The first kappa shape index (κ1) is 7.92. The largest absolute Gasteiger partial charge is 0.395 e. The Hall–Kier alpha value is -0.0800. The third kappa shape index (κ3) is 1.80. The van der Waals surface area contributed by atoms with E-state index in [1.165, 1.54) is 0 Å². The van der Waals surface area contributed by atoms with Crippen LogP contribution in [0.4, 0.5) is 0 Å². The Morgan fingerprint density at radius 1 is 1.75 bits per heavy atom. The smallest absolute Gasteiger partial charge is 0.229 e. The summed E-state index contributed by atoms with van der Waals surface area (Å²) in [6.45, 7) is 2.97. The molecule has 0 aromatic rings. The minimum Gasteiger partial charge on any atom is -0.395 e. The molecule has 0 aromatic heterocycles. The van der Waals surface area contributed by atoms with E-state index in [2.05, 4.69) is 0 Å². The predicted octanol–water partition coefficient (Wildman–Crippen LogP) is 0.770. The maximum atomic E-state index is 10.3. The summed E-state index contributed by atoms with van der Waals surface area (Å²) >= 11 is 5.07. The lowest BCUT2D eigenvalue weighted by Crippen LogP contribution is -2.23. The first-order valence-electron chi connectivity index (χ1n) is 2.31. The van der Waals surface area contributed by atoms with E-state index in [9.17, 15) is 4.79 Å². The first-order chi connectivity index (χ1) is 3.50. The summed E-state index contributed by atoms with van der Waals surface area (Å²) < 4.78 is 0. The molecule has 0 bridgehead atoms. The highest BCUT2D eigenvalue weighted by Gasteiger charge is 2.23. The number of hydrogen-bond donors (Lipinski definition) is 1. The second-order valence-electron chi connectivity index (χ2n) is 2.32. The number of halogens is 1. The van der Waals surface area contributed by atoms with Crippen LogP contribution in [0, 0.1) is 5.41 Å². The van der Waals surface area contributed by atoms with Gasteiger partial charge in [-0.25, -0.2) is 0 Å². The van der Waals surface area contributed by atoms with Gasteiger partial charge in [0, 0.05) is 0 Å². The van der Waals surface area contributed by atoms with Crippen LogP contribution in [0.1, 0.15) is 13.8 Å². The molecule has 0 rings (SSSR count). The summed E-state index contributed by atoms with van der Waals surface area (Å²) in [5, 5.41) is 7.96. The van der Waals surface area contributed by atoms with Gasteiger partial charge < -0.3 is 5.11 Å². The fraction of sp³-hybridized carbons (Fsp3) is 0.800. The molecule has 0 heterocycles. The second-order valence-corrected chi connectivity index (χ2v) is 2.66. The number of carbonyl (C=O) groups excluding carboxylic acids is 1. The van der Waals surface area contributed by atoms with Crippen molar-refractivity contribution in [3.05, 3.63) is 0 Å². The molecule has 0 fully saturated rings. The standard InChI is InChI=1S/C5H9ClO2/c1-5(2,3-7)4(6)8/h7H,3H2,1-2H3. The minimum atomic E-state index is -0.776. The molecule has 0 aliphatic rings. The molecule has 1 N–H and O–H groups in total. The van der Waals surface area contributed by atoms with Gasteiger partial charge in [-0.15, -0.1) is 0 Å². The Kier molecular flexibility index (Phi) is 2.44. The van der Waals surface area contributed by atoms with Gasteiger partial charge in [-0.1, -0.05) is 0 Å². The molecule has 0 atom stereocenters. The molecule has 0 saturated carbocycles.